The number of hydrogen-bond donors (Lipinski definition) is 1. The van der Waals surface area contributed by atoms with E-state index < -0.39 is 16.6 Å². The molecule has 0 bridgehead atoms. The summed E-state index contributed by atoms with van der Waals surface area (Å²) in [6, 6.07) is 7.30. The van der Waals surface area contributed by atoms with Crippen LogP contribution in [0.3, 0.4) is 0 Å². The molecule has 3 aromatic rings. The molecule has 0 fully saturated rings. The van der Waals surface area contributed by atoms with Crippen molar-refractivity contribution in [1.29, 1.82) is 0 Å². The van der Waals surface area contributed by atoms with Crippen LogP contribution < -0.4 is 5.32 Å². The Morgan fingerprint density at radius 3 is 2.88 bits per heavy atom. The van der Waals surface area contributed by atoms with E-state index in [-0.39, 0.29) is 11.5 Å². The van der Waals surface area contributed by atoms with Crippen LogP contribution in [0.4, 0.5) is 15.9 Å². The molecule has 1 aromatic carbocycles. The van der Waals surface area contributed by atoms with E-state index in [1.165, 1.54) is 40.4 Å². The Hall–Kier alpha value is -2.59. The molecular weight excluding hydrogens is 415 g/mol. The smallest absolute Gasteiger partial charge is 0.358 e. The summed E-state index contributed by atoms with van der Waals surface area (Å²) in [5.41, 5.74) is 0.857. The second-order valence-corrected chi connectivity index (χ2v) is 6.85. The minimum atomic E-state index is -0.574. The molecular formula is C15H10BrFN4O3S. The highest BCUT2D eigenvalue weighted by atomic mass is 79.9. The molecule has 0 aliphatic carbocycles. The highest BCUT2D eigenvalue weighted by Crippen LogP contribution is 2.22. The zero-order valence-electron chi connectivity index (χ0n) is 12.5. The van der Waals surface area contributed by atoms with Gasteiger partial charge < -0.3 is 15.4 Å². The first-order valence-corrected chi connectivity index (χ1v) is 8.61. The molecule has 0 saturated carbocycles. The molecule has 2 aromatic heterocycles. The quantitative estimate of drug-likeness (QED) is 0.493. The van der Waals surface area contributed by atoms with Gasteiger partial charge >= 0.3 is 5.82 Å². The van der Waals surface area contributed by atoms with Gasteiger partial charge in [0.15, 0.2) is 0 Å². The number of anilines is 1. The lowest BCUT2D eigenvalue weighted by Gasteiger charge is -2.05. The van der Waals surface area contributed by atoms with Crippen molar-refractivity contribution >= 4 is 44.7 Å². The number of halogens is 2. The monoisotopic (exact) mass is 424 g/mol. The second-order valence-electron chi connectivity index (χ2n) is 5.03. The van der Waals surface area contributed by atoms with E-state index in [4.69, 9.17) is 0 Å². The Balaban J connectivity index is 1.69. The van der Waals surface area contributed by atoms with E-state index in [9.17, 15) is 19.3 Å². The topological polar surface area (TPSA) is 90.1 Å². The highest BCUT2D eigenvalue weighted by Gasteiger charge is 2.15. The van der Waals surface area contributed by atoms with Crippen LogP contribution in [0.15, 0.2) is 46.4 Å². The van der Waals surface area contributed by atoms with Gasteiger partial charge in [-0.05, 0) is 40.1 Å². The number of rotatable bonds is 5. The number of amides is 1. The summed E-state index contributed by atoms with van der Waals surface area (Å²) in [5.74, 6) is -1.20. The minimum absolute atomic E-state index is 0.0888. The van der Waals surface area contributed by atoms with E-state index >= 15 is 0 Å². The van der Waals surface area contributed by atoms with Gasteiger partial charge in [0.1, 0.15) is 5.82 Å². The summed E-state index contributed by atoms with van der Waals surface area (Å²) in [5, 5.41) is 18.7. The van der Waals surface area contributed by atoms with E-state index in [0.29, 0.717) is 15.9 Å². The average molecular weight is 425 g/mol. The molecule has 0 spiro atoms. The van der Waals surface area contributed by atoms with Gasteiger partial charge in [-0.3, -0.25) is 4.79 Å². The third-order valence-electron chi connectivity index (χ3n) is 3.22. The van der Waals surface area contributed by atoms with Gasteiger partial charge in [-0.25, -0.2) is 4.39 Å². The van der Waals surface area contributed by atoms with Gasteiger partial charge in [0.2, 0.25) is 0 Å². The Bertz CT molecular complexity index is 956. The molecule has 25 heavy (non-hydrogen) atoms. The second kappa shape index (κ2) is 7.11. The summed E-state index contributed by atoms with van der Waals surface area (Å²) >= 11 is 4.35. The first-order chi connectivity index (χ1) is 11.9. The molecule has 1 N–H and O–H groups in total. The van der Waals surface area contributed by atoms with E-state index in [1.807, 2.05) is 0 Å². The average Bonchev–Trinajstić information content (AvgIpc) is 3.20. The molecule has 0 radical (unpaired) electrons. The molecule has 0 saturated heterocycles. The Morgan fingerprint density at radius 1 is 1.40 bits per heavy atom. The van der Waals surface area contributed by atoms with Crippen LogP contribution in [-0.4, -0.2) is 20.6 Å². The number of carbonyl (C=O) groups excluding carboxylic acids is 1. The van der Waals surface area contributed by atoms with Crippen LogP contribution in [0.5, 0.6) is 0 Å². The zero-order valence-corrected chi connectivity index (χ0v) is 14.9. The summed E-state index contributed by atoms with van der Waals surface area (Å²) in [7, 11) is 0. The molecule has 128 valence electrons. The summed E-state index contributed by atoms with van der Waals surface area (Å²) in [4.78, 5) is 22.7. The fourth-order valence-corrected chi connectivity index (χ4v) is 3.21. The van der Waals surface area contributed by atoms with Gasteiger partial charge in [0.05, 0.1) is 34.5 Å². The Labute approximate surface area is 153 Å². The third kappa shape index (κ3) is 4.09. The maximum atomic E-state index is 13.8. The number of nitrogens with one attached hydrogen (secondary N) is 1. The van der Waals surface area contributed by atoms with E-state index in [2.05, 4.69) is 26.3 Å². The molecule has 0 unspecified atom stereocenters. The SMILES string of the molecule is O=C(Nc1ccc(Br)cc1F)c1cc(Cn2ccc([N+](=O)[O-])n2)cs1. The predicted octanol–water partition coefficient (Wildman–Crippen LogP) is 4.06. The lowest BCUT2D eigenvalue weighted by Crippen LogP contribution is -2.11. The molecule has 1 amide bonds. The van der Waals surface area contributed by atoms with Crippen molar-refractivity contribution in [3.05, 3.63) is 72.8 Å². The summed E-state index contributed by atoms with van der Waals surface area (Å²) in [6.07, 6.45) is 1.49. The summed E-state index contributed by atoms with van der Waals surface area (Å²) in [6.45, 7) is 0.296. The molecule has 2 heterocycles. The van der Waals surface area contributed by atoms with Gasteiger partial charge in [0.25, 0.3) is 5.91 Å². The van der Waals surface area contributed by atoms with Gasteiger partial charge in [-0.15, -0.1) is 11.3 Å². The number of nitrogens with zero attached hydrogens (tertiary/aromatic N) is 3. The Kier molecular flexibility index (Phi) is 4.91. The summed E-state index contributed by atoms with van der Waals surface area (Å²) < 4.78 is 15.8. The van der Waals surface area contributed by atoms with Gasteiger partial charge in [0, 0.05) is 4.47 Å². The van der Waals surface area contributed by atoms with Crippen molar-refractivity contribution in [2.75, 3.05) is 5.32 Å². The number of carbonyl (C=O) groups is 1. The maximum absolute atomic E-state index is 13.8. The van der Waals surface area contributed by atoms with Crippen LogP contribution in [-0.2, 0) is 6.54 Å². The van der Waals surface area contributed by atoms with Crippen molar-refractivity contribution in [2.45, 2.75) is 6.54 Å². The molecule has 3 rings (SSSR count). The van der Waals surface area contributed by atoms with Crippen molar-refractivity contribution < 1.29 is 14.1 Å². The van der Waals surface area contributed by atoms with Crippen LogP contribution >= 0.6 is 27.3 Å². The van der Waals surface area contributed by atoms with Crippen molar-refractivity contribution in [3.63, 3.8) is 0 Å². The van der Waals surface area contributed by atoms with Crippen LogP contribution in [0.1, 0.15) is 15.2 Å². The lowest BCUT2D eigenvalue weighted by molar-refractivity contribution is -0.389. The van der Waals surface area contributed by atoms with Crippen molar-refractivity contribution in [1.82, 2.24) is 9.78 Å². The fraction of sp³-hybridized carbons (Fsp3) is 0.0667. The lowest BCUT2D eigenvalue weighted by atomic mass is 10.2. The largest absolute Gasteiger partial charge is 0.389 e. The maximum Gasteiger partial charge on any atom is 0.389 e. The molecule has 0 atom stereocenters. The van der Waals surface area contributed by atoms with Crippen molar-refractivity contribution in [3.8, 4) is 0 Å². The first-order valence-electron chi connectivity index (χ1n) is 6.94. The van der Waals surface area contributed by atoms with Crippen LogP contribution in [0, 0.1) is 15.9 Å². The van der Waals surface area contributed by atoms with Crippen LogP contribution in [0.25, 0.3) is 0 Å². The molecule has 0 aliphatic rings. The molecule has 7 nitrogen and oxygen atoms in total. The molecule has 10 heteroatoms. The van der Waals surface area contributed by atoms with Crippen LogP contribution in [0.2, 0.25) is 0 Å². The van der Waals surface area contributed by atoms with Gasteiger partial charge in [-0.1, -0.05) is 15.9 Å². The zero-order chi connectivity index (χ0) is 18.0. The standard InChI is InChI=1S/C15H10BrFN4O3S/c16-10-1-2-12(11(17)6-10)18-15(22)13-5-9(8-25-13)7-20-4-3-14(19-20)21(23)24/h1-6,8H,7H2,(H,18,22). The number of hydrogen-bond acceptors (Lipinski definition) is 5. The fourth-order valence-electron chi connectivity index (χ4n) is 2.08. The van der Waals surface area contributed by atoms with E-state index in [0.717, 1.165) is 5.56 Å². The Morgan fingerprint density at radius 2 is 2.20 bits per heavy atom. The van der Waals surface area contributed by atoms with E-state index in [1.54, 1.807) is 17.5 Å². The number of thiophene rings is 1. The number of nitro groups is 1. The van der Waals surface area contributed by atoms with Gasteiger partial charge in [-0.2, -0.15) is 4.68 Å². The third-order valence-corrected chi connectivity index (χ3v) is 4.69. The number of benzene rings is 1. The minimum Gasteiger partial charge on any atom is -0.358 e. The van der Waals surface area contributed by atoms with Crippen molar-refractivity contribution in [2.24, 2.45) is 0 Å². The predicted molar refractivity (Wildman–Crippen MR) is 94.4 cm³/mol. The highest BCUT2D eigenvalue weighted by molar-refractivity contribution is 9.10. The first kappa shape index (κ1) is 17.2. The normalized spacial score (nSPS) is 10.6. The molecule has 0 aliphatic heterocycles. The number of aromatic nitrogens is 2.